The number of rotatable bonds is 5. The fraction of sp³-hybridized carbons (Fsp3) is 0.567. The third-order valence-corrected chi connectivity index (χ3v) is 8.26. The first-order chi connectivity index (χ1) is 16.5. The number of ether oxygens (including phenoxy) is 1. The minimum atomic E-state index is -0.771. The van der Waals surface area contributed by atoms with Crippen LogP contribution in [0, 0.1) is 11.3 Å². The molecule has 5 nitrogen and oxygen atoms in total. The fourth-order valence-corrected chi connectivity index (χ4v) is 6.53. The van der Waals surface area contributed by atoms with Crippen LogP contribution in [-0.4, -0.2) is 52.3 Å². The molecule has 0 spiro atoms. The number of carbonyl (C=O) groups is 1. The van der Waals surface area contributed by atoms with E-state index < -0.39 is 6.09 Å². The highest BCUT2D eigenvalue weighted by molar-refractivity contribution is 5.69. The van der Waals surface area contributed by atoms with Crippen molar-refractivity contribution in [2.45, 2.75) is 78.2 Å². The Balaban J connectivity index is 1.41. The first kappa shape index (κ1) is 24.3. The average Bonchev–Trinajstić information content (AvgIpc) is 3.07. The monoisotopic (exact) mass is 476 g/mol. The molecule has 2 aromatic rings. The highest BCUT2D eigenvalue weighted by atomic mass is 16.5. The number of hydrogen-bond acceptors (Lipinski definition) is 3. The van der Waals surface area contributed by atoms with Gasteiger partial charge in [-0.25, -0.2) is 4.79 Å². The van der Waals surface area contributed by atoms with Gasteiger partial charge in [0.25, 0.3) is 0 Å². The molecule has 5 heteroatoms. The summed E-state index contributed by atoms with van der Waals surface area (Å²) in [6, 6.07) is 15.2. The van der Waals surface area contributed by atoms with Crippen LogP contribution >= 0.6 is 0 Å². The average molecular weight is 477 g/mol. The lowest BCUT2D eigenvalue weighted by Crippen LogP contribution is -2.60. The van der Waals surface area contributed by atoms with Crippen molar-refractivity contribution in [2.75, 3.05) is 19.6 Å². The molecular formula is C30H40N2O3. The molecule has 0 saturated carbocycles. The first-order valence-electron chi connectivity index (χ1n) is 13.1. The lowest BCUT2D eigenvalue weighted by molar-refractivity contribution is -0.0267. The van der Waals surface area contributed by atoms with Gasteiger partial charge in [-0.15, -0.1) is 0 Å². The molecule has 188 valence electrons. The molecule has 0 aromatic heterocycles. The van der Waals surface area contributed by atoms with Crippen molar-refractivity contribution in [3.8, 4) is 11.1 Å². The van der Waals surface area contributed by atoms with E-state index in [0.717, 1.165) is 38.9 Å². The summed E-state index contributed by atoms with van der Waals surface area (Å²) in [5.41, 5.74) is 5.72. The second kappa shape index (κ2) is 8.94. The highest BCUT2D eigenvalue weighted by Gasteiger charge is 2.50. The van der Waals surface area contributed by atoms with E-state index in [4.69, 9.17) is 4.74 Å². The summed E-state index contributed by atoms with van der Waals surface area (Å²) in [4.78, 5) is 17.0. The van der Waals surface area contributed by atoms with Crippen LogP contribution in [0.2, 0.25) is 0 Å². The molecule has 1 unspecified atom stereocenters. The van der Waals surface area contributed by atoms with Crippen molar-refractivity contribution in [1.82, 2.24) is 9.80 Å². The standard InChI is InChI=1S/C30H40N2O3/c1-29(2,3)35-19-20-6-8-21(9-7-20)23-10-11-25-24(16-23)17-30(4,5)27(25)32(28(33)34)26-18-31-14-12-22(26)13-15-31/h6-11,16,22,26-27H,12-15,17-19H2,1-5H3,(H,33,34)/t26?,27-/m1/s1. The van der Waals surface area contributed by atoms with Gasteiger partial charge in [-0.1, -0.05) is 56.3 Å². The summed E-state index contributed by atoms with van der Waals surface area (Å²) >= 11 is 0. The predicted molar refractivity (Wildman–Crippen MR) is 139 cm³/mol. The van der Waals surface area contributed by atoms with Gasteiger partial charge in [0.15, 0.2) is 0 Å². The zero-order chi connectivity index (χ0) is 25.0. The Morgan fingerprint density at radius 1 is 1.09 bits per heavy atom. The third-order valence-electron chi connectivity index (χ3n) is 8.26. The number of benzene rings is 2. The third kappa shape index (κ3) is 4.85. The molecule has 1 amide bonds. The van der Waals surface area contributed by atoms with Crippen LogP contribution in [0.1, 0.15) is 70.2 Å². The van der Waals surface area contributed by atoms with Crippen LogP contribution in [0.5, 0.6) is 0 Å². The van der Waals surface area contributed by atoms with Gasteiger partial charge in [0.1, 0.15) is 0 Å². The zero-order valence-electron chi connectivity index (χ0n) is 21.9. The molecule has 1 aliphatic carbocycles. The molecule has 3 fully saturated rings. The van der Waals surface area contributed by atoms with E-state index in [1.165, 1.54) is 27.8 Å². The van der Waals surface area contributed by atoms with Crippen LogP contribution in [0.15, 0.2) is 42.5 Å². The topological polar surface area (TPSA) is 53.0 Å². The molecular weight excluding hydrogens is 436 g/mol. The molecule has 3 heterocycles. The maximum atomic E-state index is 12.7. The normalized spacial score (nSPS) is 27.0. The summed E-state index contributed by atoms with van der Waals surface area (Å²) < 4.78 is 5.91. The van der Waals surface area contributed by atoms with Crippen LogP contribution in [-0.2, 0) is 17.8 Å². The first-order valence-corrected chi connectivity index (χ1v) is 13.1. The fourth-order valence-electron chi connectivity index (χ4n) is 6.53. The highest BCUT2D eigenvalue weighted by Crippen LogP contribution is 2.51. The second-order valence-corrected chi connectivity index (χ2v) is 12.5. The largest absolute Gasteiger partial charge is 0.465 e. The predicted octanol–water partition coefficient (Wildman–Crippen LogP) is 6.37. The maximum Gasteiger partial charge on any atom is 0.408 e. The van der Waals surface area contributed by atoms with Gasteiger partial charge in [-0.05, 0) is 92.3 Å². The zero-order valence-corrected chi connectivity index (χ0v) is 21.9. The number of nitrogens with zero attached hydrogens (tertiary/aromatic N) is 2. The molecule has 35 heavy (non-hydrogen) atoms. The van der Waals surface area contributed by atoms with Crippen LogP contribution in [0.3, 0.4) is 0 Å². The molecule has 3 aliphatic heterocycles. The van der Waals surface area contributed by atoms with E-state index in [9.17, 15) is 9.90 Å². The van der Waals surface area contributed by atoms with Crippen molar-refractivity contribution in [3.05, 3.63) is 59.2 Å². The van der Waals surface area contributed by atoms with E-state index in [-0.39, 0.29) is 23.1 Å². The summed E-state index contributed by atoms with van der Waals surface area (Å²) in [5, 5.41) is 10.4. The Morgan fingerprint density at radius 2 is 1.74 bits per heavy atom. The Hall–Kier alpha value is -2.37. The maximum absolute atomic E-state index is 12.7. The van der Waals surface area contributed by atoms with Crippen LogP contribution in [0.25, 0.3) is 11.1 Å². The van der Waals surface area contributed by atoms with Gasteiger partial charge in [0, 0.05) is 6.54 Å². The number of amides is 1. The number of piperidine rings is 3. The molecule has 2 bridgehead atoms. The summed E-state index contributed by atoms with van der Waals surface area (Å²) in [7, 11) is 0. The smallest absolute Gasteiger partial charge is 0.408 e. The van der Waals surface area contributed by atoms with Crippen molar-refractivity contribution in [1.29, 1.82) is 0 Å². The van der Waals surface area contributed by atoms with E-state index in [2.05, 4.69) is 82.0 Å². The van der Waals surface area contributed by atoms with Crippen LogP contribution in [0.4, 0.5) is 4.79 Å². The van der Waals surface area contributed by atoms with Crippen molar-refractivity contribution >= 4 is 6.09 Å². The number of fused-ring (bicyclic) bond motifs is 4. The summed E-state index contributed by atoms with van der Waals surface area (Å²) in [6.07, 6.45) is 2.35. The van der Waals surface area contributed by atoms with Gasteiger partial charge < -0.3 is 14.7 Å². The Labute approximate surface area is 210 Å². The van der Waals surface area contributed by atoms with E-state index in [0.29, 0.717) is 12.5 Å². The van der Waals surface area contributed by atoms with Crippen molar-refractivity contribution < 1.29 is 14.6 Å². The number of carboxylic acid groups (broad SMARTS) is 1. The minimum absolute atomic E-state index is 0.0905. The SMILES string of the molecule is CC(C)(C)OCc1ccc(-c2ccc3c(c2)CC(C)(C)[C@@H]3N(C(=O)O)C2CN3CCC2CC3)cc1. The molecule has 3 saturated heterocycles. The summed E-state index contributed by atoms with van der Waals surface area (Å²) in [5.74, 6) is 0.482. The van der Waals surface area contributed by atoms with Crippen molar-refractivity contribution in [2.24, 2.45) is 11.3 Å². The molecule has 2 atom stereocenters. The van der Waals surface area contributed by atoms with Gasteiger partial charge >= 0.3 is 6.09 Å². The molecule has 1 N–H and O–H groups in total. The van der Waals surface area contributed by atoms with Crippen molar-refractivity contribution in [3.63, 3.8) is 0 Å². The van der Waals surface area contributed by atoms with Gasteiger partial charge in [0.05, 0.1) is 24.3 Å². The lowest BCUT2D eigenvalue weighted by atomic mass is 9.79. The number of hydrogen-bond donors (Lipinski definition) is 1. The van der Waals surface area contributed by atoms with Gasteiger partial charge in [0.2, 0.25) is 0 Å². The van der Waals surface area contributed by atoms with E-state index >= 15 is 0 Å². The molecule has 0 radical (unpaired) electrons. The van der Waals surface area contributed by atoms with E-state index in [1.54, 1.807) is 0 Å². The van der Waals surface area contributed by atoms with Crippen LogP contribution < -0.4 is 0 Å². The van der Waals surface area contributed by atoms with E-state index in [1.807, 2.05) is 4.90 Å². The quantitative estimate of drug-likeness (QED) is 0.545. The molecule has 6 rings (SSSR count). The second-order valence-electron chi connectivity index (χ2n) is 12.5. The Morgan fingerprint density at radius 3 is 2.31 bits per heavy atom. The lowest BCUT2D eigenvalue weighted by Gasteiger charge is -2.51. The Kier molecular flexibility index (Phi) is 6.21. The van der Waals surface area contributed by atoms with Gasteiger partial charge in [-0.2, -0.15) is 0 Å². The molecule has 2 aromatic carbocycles. The molecule has 4 aliphatic rings. The van der Waals surface area contributed by atoms with Gasteiger partial charge in [-0.3, -0.25) is 4.90 Å². The Bertz CT molecular complexity index is 1080. The summed E-state index contributed by atoms with van der Waals surface area (Å²) in [6.45, 7) is 14.4. The minimum Gasteiger partial charge on any atom is -0.465 e.